The zero-order valence-electron chi connectivity index (χ0n) is 9.67. The molecule has 1 aliphatic heterocycles. The maximum absolute atomic E-state index is 11.8. The van der Waals surface area contributed by atoms with Crippen LogP contribution in [0.1, 0.15) is 13.3 Å². The highest BCUT2D eigenvalue weighted by Crippen LogP contribution is 2.21. The predicted octanol–water partition coefficient (Wildman–Crippen LogP) is -0.278. The second kappa shape index (κ2) is 5.27. The van der Waals surface area contributed by atoms with Gasteiger partial charge < -0.3 is 19.5 Å². The third kappa shape index (κ3) is 2.51. The maximum Gasteiger partial charge on any atom is 0.326 e. The molecule has 1 aliphatic rings. The summed E-state index contributed by atoms with van der Waals surface area (Å²) in [5.41, 5.74) is 0. The molecule has 0 radical (unpaired) electrons. The third-order valence-corrected chi connectivity index (χ3v) is 2.87. The fourth-order valence-electron chi connectivity index (χ4n) is 1.78. The SMILES string of the molecule is COC1CC(C(=O)O)N(C(=O)C(C)OC)C1. The van der Waals surface area contributed by atoms with Crippen molar-refractivity contribution in [3.63, 3.8) is 0 Å². The van der Waals surface area contributed by atoms with Crippen LogP contribution in [0.3, 0.4) is 0 Å². The first kappa shape index (κ1) is 12.9. The molecule has 0 aromatic heterocycles. The molecule has 0 spiro atoms. The van der Waals surface area contributed by atoms with Crippen molar-refractivity contribution in [2.75, 3.05) is 20.8 Å². The van der Waals surface area contributed by atoms with Crippen molar-refractivity contribution >= 4 is 11.9 Å². The number of carbonyl (C=O) groups is 2. The topological polar surface area (TPSA) is 76.1 Å². The Labute approximate surface area is 94.1 Å². The highest BCUT2D eigenvalue weighted by atomic mass is 16.5. The Morgan fingerprint density at radius 1 is 1.44 bits per heavy atom. The average molecular weight is 231 g/mol. The lowest BCUT2D eigenvalue weighted by Crippen LogP contribution is -2.45. The first-order valence-electron chi connectivity index (χ1n) is 5.10. The van der Waals surface area contributed by atoms with Crippen molar-refractivity contribution in [2.45, 2.75) is 31.6 Å². The molecule has 1 rings (SSSR count). The van der Waals surface area contributed by atoms with E-state index in [9.17, 15) is 9.59 Å². The zero-order valence-corrected chi connectivity index (χ0v) is 9.67. The molecule has 3 unspecified atom stereocenters. The van der Waals surface area contributed by atoms with Crippen molar-refractivity contribution in [1.82, 2.24) is 4.90 Å². The van der Waals surface area contributed by atoms with E-state index in [0.717, 1.165) is 0 Å². The van der Waals surface area contributed by atoms with Crippen LogP contribution in [0, 0.1) is 0 Å². The van der Waals surface area contributed by atoms with E-state index in [0.29, 0.717) is 13.0 Å². The first-order chi connectivity index (χ1) is 7.51. The fraction of sp³-hybridized carbons (Fsp3) is 0.800. The normalized spacial score (nSPS) is 26.8. The molecule has 1 heterocycles. The van der Waals surface area contributed by atoms with Gasteiger partial charge in [-0.05, 0) is 6.92 Å². The highest BCUT2D eigenvalue weighted by molar-refractivity contribution is 5.86. The molecule has 92 valence electrons. The molecule has 1 N–H and O–H groups in total. The van der Waals surface area contributed by atoms with Crippen LogP contribution in [0.15, 0.2) is 0 Å². The van der Waals surface area contributed by atoms with Crippen molar-refractivity contribution in [1.29, 1.82) is 0 Å². The van der Waals surface area contributed by atoms with Crippen LogP contribution in [0.2, 0.25) is 0 Å². The Kier molecular flexibility index (Phi) is 4.26. The molecule has 0 saturated carbocycles. The van der Waals surface area contributed by atoms with Crippen molar-refractivity contribution in [3.05, 3.63) is 0 Å². The van der Waals surface area contributed by atoms with Crippen LogP contribution in [-0.4, -0.2) is 60.9 Å². The summed E-state index contributed by atoms with van der Waals surface area (Å²) < 4.78 is 9.98. The lowest BCUT2D eigenvalue weighted by atomic mass is 10.2. The molecule has 0 bridgehead atoms. The largest absolute Gasteiger partial charge is 0.480 e. The first-order valence-corrected chi connectivity index (χ1v) is 5.10. The van der Waals surface area contributed by atoms with Crippen molar-refractivity contribution in [3.8, 4) is 0 Å². The van der Waals surface area contributed by atoms with Gasteiger partial charge in [0.05, 0.1) is 6.10 Å². The monoisotopic (exact) mass is 231 g/mol. The molecule has 6 heteroatoms. The lowest BCUT2D eigenvalue weighted by Gasteiger charge is -2.23. The number of hydrogen-bond donors (Lipinski definition) is 1. The lowest BCUT2D eigenvalue weighted by molar-refractivity contribution is -0.152. The molecular weight excluding hydrogens is 214 g/mol. The fourth-order valence-corrected chi connectivity index (χ4v) is 1.78. The number of amides is 1. The number of nitrogens with zero attached hydrogens (tertiary/aromatic N) is 1. The quantitative estimate of drug-likeness (QED) is 0.720. The summed E-state index contributed by atoms with van der Waals surface area (Å²) in [5.74, 6) is -1.31. The smallest absolute Gasteiger partial charge is 0.326 e. The molecular formula is C10H17NO5. The van der Waals surface area contributed by atoms with Crippen LogP contribution in [0.4, 0.5) is 0 Å². The number of hydrogen-bond acceptors (Lipinski definition) is 4. The minimum atomic E-state index is -1.00. The van der Waals surface area contributed by atoms with Crippen molar-refractivity contribution < 1.29 is 24.2 Å². The Morgan fingerprint density at radius 2 is 2.06 bits per heavy atom. The Balaban J connectivity index is 2.76. The number of carboxylic acids is 1. The van der Waals surface area contributed by atoms with Crippen LogP contribution in [0.25, 0.3) is 0 Å². The van der Waals surface area contributed by atoms with Gasteiger partial charge in [0.25, 0.3) is 5.91 Å². The Bertz CT molecular complexity index is 280. The van der Waals surface area contributed by atoms with Crippen molar-refractivity contribution in [2.24, 2.45) is 0 Å². The summed E-state index contributed by atoms with van der Waals surface area (Å²) >= 11 is 0. The van der Waals surface area contributed by atoms with Gasteiger partial charge in [0.1, 0.15) is 12.1 Å². The van der Waals surface area contributed by atoms with Crippen LogP contribution in [0.5, 0.6) is 0 Å². The van der Waals surface area contributed by atoms with E-state index < -0.39 is 18.1 Å². The van der Waals surface area contributed by atoms with Gasteiger partial charge in [-0.1, -0.05) is 0 Å². The number of carboxylic acid groups (broad SMARTS) is 1. The van der Waals surface area contributed by atoms with Crippen LogP contribution >= 0.6 is 0 Å². The molecule has 0 aliphatic carbocycles. The van der Waals surface area contributed by atoms with E-state index in [1.54, 1.807) is 6.92 Å². The standard InChI is InChI=1S/C10H17NO5/c1-6(15-2)9(12)11-5-7(16-3)4-8(11)10(13)14/h6-8H,4-5H2,1-3H3,(H,13,14). The second-order valence-electron chi connectivity index (χ2n) is 3.82. The number of likely N-dealkylation sites (tertiary alicyclic amines) is 1. The number of rotatable bonds is 4. The van der Waals surface area contributed by atoms with Gasteiger partial charge in [-0.3, -0.25) is 4.79 Å². The predicted molar refractivity (Wildman–Crippen MR) is 55.0 cm³/mol. The maximum atomic E-state index is 11.8. The van der Waals surface area contributed by atoms with E-state index in [1.165, 1.54) is 19.1 Å². The second-order valence-corrected chi connectivity index (χ2v) is 3.82. The number of methoxy groups -OCH3 is 2. The van der Waals surface area contributed by atoms with Gasteiger partial charge in [-0.25, -0.2) is 4.79 Å². The number of carbonyl (C=O) groups excluding carboxylic acids is 1. The summed E-state index contributed by atoms with van der Waals surface area (Å²) in [7, 11) is 2.93. The van der Waals surface area contributed by atoms with Crippen LogP contribution < -0.4 is 0 Å². The molecule has 6 nitrogen and oxygen atoms in total. The molecule has 3 atom stereocenters. The van der Waals surface area contributed by atoms with E-state index in [2.05, 4.69) is 0 Å². The summed E-state index contributed by atoms with van der Waals surface area (Å²) in [5, 5.41) is 9.01. The van der Waals surface area contributed by atoms with E-state index in [-0.39, 0.29) is 12.0 Å². The van der Waals surface area contributed by atoms with Gasteiger partial charge in [-0.2, -0.15) is 0 Å². The Hall–Kier alpha value is -1.14. The highest BCUT2D eigenvalue weighted by Gasteiger charge is 2.41. The summed E-state index contributed by atoms with van der Waals surface area (Å²) in [4.78, 5) is 24.1. The van der Waals surface area contributed by atoms with Crippen LogP contribution in [-0.2, 0) is 19.1 Å². The molecule has 0 aromatic carbocycles. The molecule has 1 fully saturated rings. The van der Waals surface area contributed by atoms with Gasteiger partial charge in [-0.15, -0.1) is 0 Å². The number of aliphatic carboxylic acids is 1. The number of ether oxygens (including phenoxy) is 2. The van der Waals surface area contributed by atoms with Gasteiger partial charge in [0, 0.05) is 27.2 Å². The van der Waals surface area contributed by atoms with Gasteiger partial charge >= 0.3 is 5.97 Å². The summed E-state index contributed by atoms with van der Waals surface area (Å²) in [6.07, 6.45) is -0.514. The van der Waals surface area contributed by atoms with E-state index in [1.807, 2.05) is 0 Å². The van der Waals surface area contributed by atoms with Gasteiger partial charge in [0.15, 0.2) is 0 Å². The molecule has 1 saturated heterocycles. The third-order valence-electron chi connectivity index (χ3n) is 2.87. The minimum Gasteiger partial charge on any atom is -0.480 e. The van der Waals surface area contributed by atoms with E-state index in [4.69, 9.17) is 14.6 Å². The summed E-state index contributed by atoms with van der Waals surface area (Å²) in [6, 6.07) is -0.810. The Morgan fingerprint density at radius 3 is 2.50 bits per heavy atom. The molecule has 1 amide bonds. The average Bonchev–Trinajstić information content (AvgIpc) is 2.71. The molecule has 0 aromatic rings. The van der Waals surface area contributed by atoms with Gasteiger partial charge in [0.2, 0.25) is 0 Å². The minimum absolute atomic E-state index is 0.214. The zero-order chi connectivity index (χ0) is 12.3. The molecule has 16 heavy (non-hydrogen) atoms. The van der Waals surface area contributed by atoms with E-state index >= 15 is 0 Å². The summed E-state index contributed by atoms with van der Waals surface area (Å²) in [6.45, 7) is 1.90.